The first kappa shape index (κ1) is 22.4. The van der Waals surface area contributed by atoms with Crippen LogP contribution in [0.4, 0.5) is 26.3 Å². The molecular formula is C15H11F6NO4S. The third-order valence-corrected chi connectivity index (χ3v) is 4.12. The molecule has 0 atom stereocenters. The second-order valence-corrected chi connectivity index (χ2v) is 6.48. The number of carboxylic acid groups (broad SMARTS) is 1. The molecule has 0 saturated heterocycles. The summed E-state index contributed by atoms with van der Waals surface area (Å²) in [6.45, 7) is 0. The number of benzene rings is 2. The van der Waals surface area contributed by atoms with E-state index in [1.165, 1.54) is 12.1 Å². The van der Waals surface area contributed by atoms with Gasteiger partial charge < -0.3 is 5.11 Å². The van der Waals surface area contributed by atoms with E-state index in [0.29, 0.717) is 10.3 Å². The summed E-state index contributed by atoms with van der Waals surface area (Å²) in [5, 5.41) is 7.12. The molecule has 0 fully saturated rings. The lowest BCUT2D eigenvalue weighted by Gasteiger charge is -2.10. The van der Waals surface area contributed by atoms with Crippen LogP contribution >= 0.6 is 0 Å². The van der Waals surface area contributed by atoms with Gasteiger partial charge >= 0.3 is 18.4 Å². The summed E-state index contributed by atoms with van der Waals surface area (Å²) in [5.74, 6) is -2.76. The first-order valence-corrected chi connectivity index (χ1v) is 8.27. The highest BCUT2D eigenvalue weighted by Gasteiger charge is 2.38. The van der Waals surface area contributed by atoms with Crippen molar-refractivity contribution in [3.63, 3.8) is 0 Å². The van der Waals surface area contributed by atoms with Crippen LogP contribution in [-0.2, 0) is 14.8 Å². The summed E-state index contributed by atoms with van der Waals surface area (Å²) in [5.41, 5.74) is 1.24. The Bertz CT molecular complexity index is 879. The molecule has 2 aromatic carbocycles. The number of hydrogen-bond acceptors (Lipinski definition) is 3. The molecule has 0 amide bonds. The van der Waals surface area contributed by atoms with Crippen molar-refractivity contribution in [2.24, 2.45) is 0 Å². The van der Waals surface area contributed by atoms with Gasteiger partial charge in [0.1, 0.15) is 0 Å². The van der Waals surface area contributed by atoms with Gasteiger partial charge in [0.15, 0.2) is 0 Å². The van der Waals surface area contributed by atoms with E-state index in [1.807, 2.05) is 0 Å². The minimum absolute atomic E-state index is 0.434. The van der Waals surface area contributed by atoms with E-state index in [4.69, 9.17) is 9.90 Å². The highest BCUT2D eigenvalue weighted by atomic mass is 32.2. The molecule has 0 bridgehead atoms. The van der Waals surface area contributed by atoms with Gasteiger partial charge in [-0.15, -0.1) is 4.72 Å². The first-order chi connectivity index (χ1) is 12.2. The molecule has 0 spiro atoms. The van der Waals surface area contributed by atoms with Gasteiger partial charge in [-0.1, -0.05) is 42.5 Å². The summed E-state index contributed by atoms with van der Waals surface area (Å²) in [6, 6.07) is 14.1. The predicted octanol–water partition coefficient (Wildman–Crippen LogP) is 3.79. The van der Waals surface area contributed by atoms with Crippen molar-refractivity contribution in [3.8, 4) is 11.1 Å². The molecule has 0 saturated carbocycles. The van der Waals surface area contributed by atoms with Crippen LogP contribution in [0.3, 0.4) is 0 Å². The number of halogens is 6. The Morgan fingerprint density at radius 3 is 1.78 bits per heavy atom. The van der Waals surface area contributed by atoms with Crippen molar-refractivity contribution in [1.82, 2.24) is 4.72 Å². The maximum Gasteiger partial charge on any atom is 0.490 e. The fourth-order valence-corrected chi connectivity index (χ4v) is 2.65. The number of carbonyl (C=O) groups is 1. The molecular weight excluding hydrogens is 404 g/mol. The second-order valence-electron chi connectivity index (χ2n) is 4.80. The number of alkyl halides is 6. The predicted molar refractivity (Wildman–Crippen MR) is 81.9 cm³/mol. The molecule has 12 heteroatoms. The third kappa shape index (κ3) is 7.66. The smallest absolute Gasteiger partial charge is 0.475 e. The summed E-state index contributed by atoms with van der Waals surface area (Å²) in [4.78, 5) is 8.46. The highest BCUT2D eigenvalue weighted by molar-refractivity contribution is 7.89. The van der Waals surface area contributed by atoms with Crippen LogP contribution < -0.4 is 4.72 Å². The number of hydrogen-bond donors (Lipinski definition) is 2. The van der Waals surface area contributed by atoms with Crippen molar-refractivity contribution in [3.05, 3.63) is 54.6 Å². The highest BCUT2D eigenvalue weighted by Crippen LogP contribution is 2.23. The summed E-state index contributed by atoms with van der Waals surface area (Å²) in [7, 11) is -4.62. The molecule has 0 heterocycles. The quantitative estimate of drug-likeness (QED) is 0.590. The maximum atomic E-state index is 12.2. The third-order valence-electron chi connectivity index (χ3n) is 2.74. The van der Waals surface area contributed by atoms with Crippen molar-refractivity contribution in [2.75, 3.05) is 0 Å². The van der Waals surface area contributed by atoms with Gasteiger partial charge in [0, 0.05) is 0 Å². The average molecular weight is 415 g/mol. The van der Waals surface area contributed by atoms with Gasteiger partial charge in [-0.05, 0) is 23.3 Å². The molecule has 0 aliphatic heterocycles. The standard InChI is InChI=1S/C13H10F3NO2S.C2HF3O2/c14-13(15,16)17-20(18,19)12-8-4-7-11(9-12)10-5-2-1-3-6-10;3-2(4,5)1(6)7/h1-9,17H;(H,6,7). The van der Waals surface area contributed by atoms with Crippen LogP contribution in [0.25, 0.3) is 11.1 Å². The Balaban J connectivity index is 0.000000445. The number of sulfonamides is 1. The van der Waals surface area contributed by atoms with E-state index in [0.717, 1.165) is 11.6 Å². The van der Waals surface area contributed by atoms with Crippen LogP contribution in [0.1, 0.15) is 0 Å². The summed E-state index contributed by atoms with van der Waals surface area (Å²) < 4.78 is 92.1. The number of aliphatic carboxylic acids is 1. The van der Waals surface area contributed by atoms with Crippen LogP contribution in [0.2, 0.25) is 0 Å². The molecule has 2 aromatic rings. The lowest BCUT2D eigenvalue weighted by atomic mass is 10.1. The molecule has 27 heavy (non-hydrogen) atoms. The van der Waals surface area contributed by atoms with Gasteiger partial charge in [0.25, 0.3) is 0 Å². The SMILES string of the molecule is O=C(O)C(F)(F)F.O=S(=O)(NC(F)(F)F)c1cccc(-c2ccccc2)c1. The Hall–Kier alpha value is -2.60. The van der Waals surface area contributed by atoms with Gasteiger partial charge in [0.05, 0.1) is 4.90 Å². The summed E-state index contributed by atoms with van der Waals surface area (Å²) >= 11 is 0. The minimum atomic E-state index is -5.08. The molecule has 0 aromatic heterocycles. The minimum Gasteiger partial charge on any atom is -0.475 e. The van der Waals surface area contributed by atoms with Crippen LogP contribution in [0.5, 0.6) is 0 Å². The second kappa shape index (κ2) is 8.39. The Kier molecular flexibility index (Phi) is 6.98. The van der Waals surface area contributed by atoms with Crippen molar-refractivity contribution in [2.45, 2.75) is 17.4 Å². The van der Waals surface area contributed by atoms with Gasteiger partial charge in [-0.25, -0.2) is 13.2 Å². The van der Waals surface area contributed by atoms with Crippen LogP contribution in [-0.4, -0.2) is 32.0 Å². The monoisotopic (exact) mass is 415 g/mol. The largest absolute Gasteiger partial charge is 0.490 e. The van der Waals surface area contributed by atoms with Crippen molar-refractivity contribution in [1.29, 1.82) is 0 Å². The molecule has 0 aliphatic rings. The molecule has 0 radical (unpaired) electrons. The van der Waals surface area contributed by atoms with Gasteiger partial charge in [0.2, 0.25) is 10.0 Å². The molecule has 0 unspecified atom stereocenters. The lowest BCUT2D eigenvalue weighted by Crippen LogP contribution is -2.37. The molecule has 148 valence electrons. The Labute approximate surface area is 149 Å². The first-order valence-electron chi connectivity index (χ1n) is 6.79. The Morgan fingerprint density at radius 2 is 1.33 bits per heavy atom. The fraction of sp³-hybridized carbons (Fsp3) is 0.133. The van der Waals surface area contributed by atoms with E-state index >= 15 is 0 Å². The van der Waals surface area contributed by atoms with E-state index in [-0.39, 0.29) is 0 Å². The number of rotatable bonds is 3. The zero-order valence-electron chi connectivity index (χ0n) is 13.0. The van der Waals surface area contributed by atoms with Crippen molar-refractivity contribution >= 4 is 16.0 Å². The van der Waals surface area contributed by atoms with E-state index in [9.17, 15) is 34.8 Å². The molecule has 2 N–H and O–H groups in total. The maximum absolute atomic E-state index is 12.2. The van der Waals surface area contributed by atoms with Crippen LogP contribution in [0, 0.1) is 0 Å². The number of nitrogens with one attached hydrogen (secondary N) is 1. The van der Waals surface area contributed by atoms with E-state index in [2.05, 4.69) is 0 Å². The Morgan fingerprint density at radius 1 is 0.852 bits per heavy atom. The number of carboxylic acids is 1. The van der Waals surface area contributed by atoms with Crippen molar-refractivity contribution < 1.29 is 44.7 Å². The molecule has 5 nitrogen and oxygen atoms in total. The van der Waals surface area contributed by atoms with E-state index < -0.39 is 33.4 Å². The zero-order chi connectivity index (χ0) is 20.9. The van der Waals surface area contributed by atoms with Crippen LogP contribution in [0.15, 0.2) is 59.5 Å². The zero-order valence-corrected chi connectivity index (χ0v) is 13.9. The molecule has 0 aliphatic carbocycles. The topological polar surface area (TPSA) is 83.5 Å². The van der Waals surface area contributed by atoms with Gasteiger partial charge in [-0.2, -0.15) is 26.3 Å². The fourth-order valence-electron chi connectivity index (χ4n) is 1.68. The van der Waals surface area contributed by atoms with Gasteiger partial charge in [-0.3, -0.25) is 0 Å². The van der Waals surface area contributed by atoms with E-state index in [1.54, 1.807) is 36.4 Å². The lowest BCUT2D eigenvalue weighted by molar-refractivity contribution is -0.192. The molecule has 2 rings (SSSR count). The normalized spacial score (nSPS) is 12.1. The average Bonchev–Trinajstić information content (AvgIpc) is 2.53. The summed E-state index contributed by atoms with van der Waals surface area (Å²) in [6.07, 6.45) is -10.1.